The van der Waals surface area contributed by atoms with E-state index in [2.05, 4.69) is 15.2 Å². The highest BCUT2D eigenvalue weighted by Gasteiger charge is 2.39. The third kappa shape index (κ3) is 2.98. The number of aromatic nitrogens is 1. The quantitative estimate of drug-likeness (QED) is 0.905. The van der Waals surface area contributed by atoms with E-state index in [0.29, 0.717) is 16.9 Å². The molecule has 0 atom stereocenters. The van der Waals surface area contributed by atoms with Crippen molar-refractivity contribution in [3.05, 3.63) is 35.0 Å². The molecule has 2 aromatic rings. The highest BCUT2D eigenvalue weighted by molar-refractivity contribution is 6.31. The van der Waals surface area contributed by atoms with E-state index in [-0.39, 0.29) is 5.91 Å². The molecule has 0 radical (unpaired) electrons. The molecule has 0 aliphatic carbocycles. The zero-order chi connectivity index (χ0) is 15.9. The molecule has 4 nitrogen and oxygen atoms in total. The fraction of sp³-hybridized carbons (Fsp3) is 0.500. The number of rotatable bonds is 4. The van der Waals surface area contributed by atoms with E-state index in [9.17, 15) is 4.79 Å². The molecular formula is C18H22ClN3O. The topological polar surface area (TPSA) is 48.1 Å². The first-order valence-electron chi connectivity index (χ1n) is 8.38. The molecule has 1 aromatic carbocycles. The zero-order valence-corrected chi connectivity index (χ0v) is 14.0. The van der Waals surface area contributed by atoms with E-state index in [1.807, 2.05) is 24.4 Å². The summed E-state index contributed by atoms with van der Waals surface area (Å²) in [6.07, 6.45) is 6.00. The lowest BCUT2D eigenvalue weighted by atomic mass is 9.72. The van der Waals surface area contributed by atoms with E-state index in [1.54, 1.807) is 0 Å². The van der Waals surface area contributed by atoms with Crippen molar-refractivity contribution < 1.29 is 4.79 Å². The van der Waals surface area contributed by atoms with Gasteiger partial charge in [0.1, 0.15) is 0 Å². The first kappa shape index (κ1) is 15.0. The lowest BCUT2D eigenvalue weighted by molar-refractivity contribution is -0.121. The van der Waals surface area contributed by atoms with Crippen molar-refractivity contribution in [1.29, 1.82) is 0 Å². The average Bonchev–Trinajstić information content (AvgIpc) is 2.97. The fourth-order valence-corrected chi connectivity index (χ4v) is 4.16. The molecule has 4 heterocycles. The Labute approximate surface area is 141 Å². The predicted molar refractivity (Wildman–Crippen MR) is 92.7 cm³/mol. The smallest absolute Gasteiger partial charge is 0.224 e. The lowest BCUT2D eigenvalue weighted by Gasteiger charge is -2.48. The first-order chi connectivity index (χ1) is 11.1. The second-order valence-corrected chi connectivity index (χ2v) is 7.49. The maximum atomic E-state index is 12.4. The van der Waals surface area contributed by atoms with Crippen LogP contribution in [0.3, 0.4) is 0 Å². The molecule has 3 saturated heterocycles. The van der Waals surface area contributed by atoms with E-state index in [1.165, 1.54) is 38.9 Å². The van der Waals surface area contributed by atoms with Gasteiger partial charge in [0, 0.05) is 28.7 Å². The molecule has 3 aliphatic rings. The van der Waals surface area contributed by atoms with E-state index >= 15 is 0 Å². The second kappa shape index (κ2) is 5.84. The van der Waals surface area contributed by atoms with Crippen LogP contribution in [0.4, 0.5) is 0 Å². The Morgan fingerprint density at radius 1 is 1.26 bits per heavy atom. The lowest BCUT2D eigenvalue weighted by Crippen LogP contribution is -2.52. The normalized spacial score (nSPS) is 26.6. The monoisotopic (exact) mass is 331 g/mol. The number of hydrogen-bond donors (Lipinski definition) is 2. The maximum Gasteiger partial charge on any atom is 0.224 e. The number of benzene rings is 1. The average molecular weight is 332 g/mol. The number of halogens is 1. The largest absolute Gasteiger partial charge is 0.361 e. The van der Waals surface area contributed by atoms with Crippen LogP contribution in [0.5, 0.6) is 0 Å². The molecule has 1 amide bonds. The van der Waals surface area contributed by atoms with Gasteiger partial charge in [0.2, 0.25) is 5.91 Å². The van der Waals surface area contributed by atoms with Crippen LogP contribution in [0.1, 0.15) is 24.8 Å². The zero-order valence-electron chi connectivity index (χ0n) is 13.2. The molecule has 5 rings (SSSR count). The van der Waals surface area contributed by atoms with Gasteiger partial charge in [0.25, 0.3) is 0 Å². The number of aromatic amines is 1. The van der Waals surface area contributed by atoms with Crippen LogP contribution < -0.4 is 5.32 Å². The predicted octanol–water partition coefficient (Wildman–Crippen LogP) is 2.97. The Hall–Kier alpha value is -1.52. The van der Waals surface area contributed by atoms with Crippen LogP contribution in [0.25, 0.3) is 10.9 Å². The van der Waals surface area contributed by atoms with Crippen molar-refractivity contribution in [1.82, 2.24) is 15.2 Å². The van der Waals surface area contributed by atoms with Gasteiger partial charge in [0.05, 0.1) is 6.42 Å². The molecule has 2 bridgehead atoms. The number of nitrogens with one attached hydrogen (secondary N) is 2. The summed E-state index contributed by atoms with van der Waals surface area (Å²) in [7, 11) is 0. The van der Waals surface area contributed by atoms with Crippen LogP contribution in [0.15, 0.2) is 24.4 Å². The van der Waals surface area contributed by atoms with Crippen LogP contribution in [0, 0.1) is 5.41 Å². The van der Waals surface area contributed by atoms with Gasteiger partial charge in [-0.3, -0.25) is 4.79 Å². The summed E-state index contributed by atoms with van der Waals surface area (Å²) in [4.78, 5) is 18.1. The molecule has 0 saturated carbocycles. The standard InChI is InChI=1S/C18H22ClN3O/c19-14-1-2-15-13(11-20-16(15)10-14)9-17(23)21-12-18-3-6-22(7-4-18)8-5-18/h1-2,10-11,20H,3-9,12H2,(H,21,23). The van der Waals surface area contributed by atoms with E-state index in [4.69, 9.17) is 11.6 Å². The third-order valence-corrected chi connectivity index (χ3v) is 5.85. The summed E-state index contributed by atoms with van der Waals surface area (Å²) in [6, 6.07) is 5.74. The summed E-state index contributed by atoms with van der Waals surface area (Å²) >= 11 is 6.00. The molecule has 122 valence electrons. The Balaban J connectivity index is 1.39. The Bertz CT molecular complexity index is 717. The van der Waals surface area contributed by atoms with Crippen molar-refractivity contribution in [2.45, 2.75) is 25.7 Å². The van der Waals surface area contributed by atoms with Crippen molar-refractivity contribution >= 4 is 28.4 Å². The number of amides is 1. The number of hydrogen-bond acceptors (Lipinski definition) is 2. The third-order valence-electron chi connectivity index (χ3n) is 5.62. The maximum absolute atomic E-state index is 12.4. The number of H-pyrrole nitrogens is 1. The van der Waals surface area contributed by atoms with Crippen molar-refractivity contribution in [3.63, 3.8) is 0 Å². The number of fused-ring (bicyclic) bond motifs is 4. The summed E-state index contributed by atoms with van der Waals surface area (Å²) in [5.41, 5.74) is 2.36. The van der Waals surface area contributed by atoms with Crippen molar-refractivity contribution in [2.75, 3.05) is 26.2 Å². The van der Waals surface area contributed by atoms with Gasteiger partial charge in [-0.15, -0.1) is 0 Å². The first-order valence-corrected chi connectivity index (χ1v) is 8.76. The number of piperidine rings is 3. The number of carbonyl (C=O) groups is 1. The summed E-state index contributed by atoms with van der Waals surface area (Å²) < 4.78 is 0. The van der Waals surface area contributed by atoms with Gasteiger partial charge in [-0.05, 0) is 62.0 Å². The molecule has 5 heteroatoms. The highest BCUT2D eigenvalue weighted by atomic mass is 35.5. The van der Waals surface area contributed by atoms with Crippen molar-refractivity contribution in [2.24, 2.45) is 5.41 Å². The number of nitrogens with zero attached hydrogens (tertiary/aromatic N) is 1. The van der Waals surface area contributed by atoms with Gasteiger partial charge in [-0.2, -0.15) is 0 Å². The van der Waals surface area contributed by atoms with Crippen LogP contribution in [0.2, 0.25) is 5.02 Å². The minimum atomic E-state index is 0.114. The summed E-state index contributed by atoms with van der Waals surface area (Å²) in [5.74, 6) is 0.114. The summed E-state index contributed by atoms with van der Waals surface area (Å²) in [5, 5.41) is 4.97. The van der Waals surface area contributed by atoms with Gasteiger partial charge in [-0.25, -0.2) is 0 Å². The molecular weight excluding hydrogens is 310 g/mol. The Morgan fingerprint density at radius 3 is 2.74 bits per heavy atom. The minimum Gasteiger partial charge on any atom is -0.361 e. The highest BCUT2D eigenvalue weighted by Crippen LogP contribution is 2.39. The molecule has 3 aliphatic heterocycles. The SMILES string of the molecule is O=C(Cc1c[nH]c2cc(Cl)ccc12)NCC12CCN(CC1)CC2. The Kier molecular flexibility index (Phi) is 3.82. The van der Waals surface area contributed by atoms with Gasteiger partial charge < -0.3 is 15.2 Å². The van der Waals surface area contributed by atoms with Crippen LogP contribution in [-0.4, -0.2) is 42.0 Å². The molecule has 0 spiro atoms. The fourth-order valence-electron chi connectivity index (χ4n) is 3.99. The summed E-state index contributed by atoms with van der Waals surface area (Å²) in [6.45, 7) is 4.41. The van der Waals surface area contributed by atoms with Gasteiger partial charge in [-0.1, -0.05) is 17.7 Å². The number of carbonyl (C=O) groups excluding carboxylic acids is 1. The molecule has 3 fully saturated rings. The van der Waals surface area contributed by atoms with Crippen LogP contribution >= 0.6 is 11.6 Å². The second-order valence-electron chi connectivity index (χ2n) is 7.05. The molecule has 0 unspecified atom stereocenters. The molecule has 23 heavy (non-hydrogen) atoms. The van der Waals surface area contributed by atoms with E-state index < -0.39 is 0 Å². The Morgan fingerprint density at radius 2 is 2.00 bits per heavy atom. The van der Waals surface area contributed by atoms with Crippen molar-refractivity contribution in [3.8, 4) is 0 Å². The van der Waals surface area contributed by atoms with E-state index in [0.717, 1.165) is 23.0 Å². The van der Waals surface area contributed by atoms with Crippen LogP contribution in [-0.2, 0) is 11.2 Å². The van der Waals surface area contributed by atoms with Gasteiger partial charge in [0.15, 0.2) is 0 Å². The van der Waals surface area contributed by atoms with Gasteiger partial charge >= 0.3 is 0 Å². The molecule has 1 aromatic heterocycles. The minimum absolute atomic E-state index is 0.114. The molecule has 2 N–H and O–H groups in total.